The van der Waals surface area contributed by atoms with Gasteiger partial charge in [-0.05, 0) is 41.9 Å². The molecule has 0 unspecified atom stereocenters. The number of benzene rings is 1. The molecule has 0 atom stereocenters. The minimum atomic E-state index is -0.603. The van der Waals surface area contributed by atoms with Crippen molar-refractivity contribution in [2.24, 2.45) is 0 Å². The predicted octanol–water partition coefficient (Wildman–Crippen LogP) is 3.72. The fourth-order valence-electron chi connectivity index (χ4n) is 3.55. The van der Waals surface area contributed by atoms with Crippen molar-refractivity contribution < 1.29 is 18.4 Å². The van der Waals surface area contributed by atoms with Gasteiger partial charge in [-0.3, -0.25) is 19.9 Å². The van der Waals surface area contributed by atoms with Gasteiger partial charge in [-0.1, -0.05) is 13.0 Å². The summed E-state index contributed by atoms with van der Waals surface area (Å²) in [7, 11) is 0. The molecule has 4 aromatic rings. The third-order valence-corrected chi connectivity index (χ3v) is 5.85. The molecule has 0 aliphatic carbocycles. The summed E-state index contributed by atoms with van der Waals surface area (Å²) in [5.41, 5.74) is 1.16. The lowest BCUT2D eigenvalue weighted by Crippen LogP contribution is -2.24. The maximum atomic E-state index is 15.0. The van der Waals surface area contributed by atoms with Gasteiger partial charge in [-0.25, -0.2) is 18.4 Å². The monoisotopic (exact) mass is 465 g/mol. The van der Waals surface area contributed by atoms with Gasteiger partial charge in [0.1, 0.15) is 23.5 Å². The number of pyridine rings is 1. The molecular formula is C22H16FN5O4S. The zero-order valence-corrected chi connectivity index (χ0v) is 18.1. The number of fused-ring (bicyclic) bond motifs is 1. The molecule has 0 spiro atoms. The Hall–Kier alpha value is -3.99. The number of amides is 2. The van der Waals surface area contributed by atoms with Gasteiger partial charge < -0.3 is 4.42 Å². The highest BCUT2D eigenvalue weighted by Crippen LogP contribution is 2.33. The van der Waals surface area contributed by atoms with E-state index in [-0.39, 0.29) is 10.6 Å². The summed E-state index contributed by atoms with van der Waals surface area (Å²) < 4.78 is 23.4. The van der Waals surface area contributed by atoms with E-state index in [1.165, 1.54) is 29.2 Å². The van der Waals surface area contributed by atoms with Crippen molar-refractivity contribution in [3.05, 3.63) is 70.0 Å². The number of rotatable bonds is 5. The highest BCUT2D eigenvalue weighted by atomic mass is 32.2. The molecule has 1 aliphatic rings. The van der Waals surface area contributed by atoms with Gasteiger partial charge in [0.25, 0.3) is 11.1 Å². The first-order valence-corrected chi connectivity index (χ1v) is 10.8. The molecule has 11 heteroatoms. The first-order valence-electron chi connectivity index (χ1n) is 10.0. The lowest BCUT2D eigenvalue weighted by Gasteiger charge is -2.07. The molecule has 1 fully saturated rings. The van der Waals surface area contributed by atoms with E-state index in [9.17, 15) is 14.4 Å². The summed E-state index contributed by atoms with van der Waals surface area (Å²) in [6.07, 6.45) is 6.63. The van der Waals surface area contributed by atoms with Crippen molar-refractivity contribution in [1.82, 2.24) is 24.6 Å². The van der Waals surface area contributed by atoms with Crippen LogP contribution in [0.5, 0.6) is 0 Å². The number of halogens is 1. The fraction of sp³-hybridized carbons (Fsp3) is 0.136. The maximum absolute atomic E-state index is 15.0. The van der Waals surface area contributed by atoms with E-state index in [0.717, 1.165) is 22.7 Å². The maximum Gasteiger partial charge on any atom is 0.350 e. The second kappa shape index (κ2) is 8.17. The highest BCUT2D eigenvalue weighted by molar-refractivity contribution is 8.18. The van der Waals surface area contributed by atoms with E-state index in [1.807, 2.05) is 6.92 Å². The molecule has 33 heavy (non-hydrogen) atoms. The molecule has 2 amide bonds. The minimum Gasteiger partial charge on any atom is -0.456 e. The van der Waals surface area contributed by atoms with E-state index in [4.69, 9.17) is 4.42 Å². The average Bonchev–Trinajstić information content (AvgIpc) is 3.45. The number of nitrogens with zero attached hydrogens (tertiary/aromatic N) is 4. The van der Waals surface area contributed by atoms with Crippen LogP contribution in [0.4, 0.5) is 9.18 Å². The molecular weight excluding hydrogens is 449 g/mol. The molecule has 4 heterocycles. The molecule has 1 aromatic carbocycles. The Morgan fingerprint density at radius 2 is 2.06 bits per heavy atom. The third kappa shape index (κ3) is 3.76. The largest absolute Gasteiger partial charge is 0.456 e. The molecule has 1 saturated heterocycles. The Morgan fingerprint density at radius 3 is 2.79 bits per heavy atom. The zero-order valence-electron chi connectivity index (χ0n) is 17.2. The SMILES string of the molecule is CCCn1ncn(-c2ccc(-c3cncc4cc(C=C5SC(=O)NC5=O)oc34)cc2F)c1=O. The molecule has 0 radical (unpaired) electrons. The second-order valence-corrected chi connectivity index (χ2v) is 8.29. The van der Waals surface area contributed by atoms with Gasteiger partial charge in [0.05, 0.1) is 10.6 Å². The Bertz CT molecular complexity index is 1520. The number of carbonyl (C=O) groups is 2. The molecule has 1 N–H and O–H groups in total. The summed E-state index contributed by atoms with van der Waals surface area (Å²) in [6, 6.07) is 6.15. The summed E-state index contributed by atoms with van der Waals surface area (Å²) in [6.45, 7) is 2.37. The highest BCUT2D eigenvalue weighted by Gasteiger charge is 2.25. The van der Waals surface area contributed by atoms with Crippen LogP contribution in [0.3, 0.4) is 0 Å². The third-order valence-electron chi connectivity index (χ3n) is 5.04. The number of furan rings is 1. The lowest BCUT2D eigenvalue weighted by molar-refractivity contribution is -0.115. The van der Waals surface area contributed by atoms with Crippen molar-refractivity contribution in [2.45, 2.75) is 19.9 Å². The Labute approximate surface area is 189 Å². The topological polar surface area (TPSA) is 112 Å². The van der Waals surface area contributed by atoms with Crippen LogP contribution in [-0.4, -0.2) is 30.5 Å². The van der Waals surface area contributed by atoms with E-state index in [1.54, 1.807) is 24.5 Å². The number of imide groups is 1. The second-order valence-electron chi connectivity index (χ2n) is 7.28. The van der Waals surface area contributed by atoms with E-state index < -0.39 is 22.7 Å². The predicted molar refractivity (Wildman–Crippen MR) is 120 cm³/mol. The van der Waals surface area contributed by atoms with Crippen LogP contribution in [0.15, 0.2) is 57.1 Å². The summed E-state index contributed by atoms with van der Waals surface area (Å²) in [5, 5.41) is 6.41. The van der Waals surface area contributed by atoms with Gasteiger partial charge in [0.15, 0.2) is 0 Å². The number of hydrogen-bond donors (Lipinski definition) is 1. The zero-order chi connectivity index (χ0) is 23.1. The first kappa shape index (κ1) is 20.9. The van der Waals surface area contributed by atoms with Crippen LogP contribution in [0.2, 0.25) is 0 Å². The average molecular weight is 465 g/mol. The van der Waals surface area contributed by atoms with Gasteiger partial charge >= 0.3 is 5.69 Å². The first-order chi connectivity index (χ1) is 15.9. The van der Waals surface area contributed by atoms with Crippen LogP contribution >= 0.6 is 11.8 Å². The minimum absolute atomic E-state index is 0.0880. The van der Waals surface area contributed by atoms with Crippen LogP contribution in [0.1, 0.15) is 19.1 Å². The van der Waals surface area contributed by atoms with E-state index in [2.05, 4.69) is 15.4 Å². The van der Waals surface area contributed by atoms with Crippen molar-refractivity contribution >= 4 is 40.0 Å². The van der Waals surface area contributed by atoms with E-state index in [0.29, 0.717) is 34.4 Å². The summed E-state index contributed by atoms with van der Waals surface area (Å²) in [5.74, 6) is -0.730. The molecule has 3 aromatic heterocycles. The van der Waals surface area contributed by atoms with Crippen molar-refractivity contribution in [2.75, 3.05) is 0 Å². The number of carbonyl (C=O) groups excluding carboxylic acids is 2. The molecule has 0 saturated carbocycles. The summed E-state index contributed by atoms with van der Waals surface area (Å²) in [4.78, 5) is 40.0. The van der Waals surface area contributed by atoms with Crippen LogP contribution in [0, 0.1) is 5.82 Å². The molecule has 9 nitrogen and oxygen atoms in total. The Balaban J connectivity index is 1.53. The van der Waals surface area contributed by atoms with Crippen molar-refractivity contribution in [3.8, 4) is 16.8 Å². The lowest BCUT2D eigenvalue weighted by atomic mass is 10.1. The number of aromatic nitrogens is 4. The Morgan fingerprint density at radius 1 is 1.21 bits per heavy atom. The normalized spacial score (nSPS) is 15.0. The van der Waals surface area contributed by atoms with Crippen molar-refractivity contribution in [3.63, 3.8) is 0 Å². The van der Waals surface area contributed by atoms with Crippen molar-refractivity contribution in [1.29, 1.82) is 0 Å². The van der Waals surface area contributed by atoms with Gasteiger partial charge in [-0.15, -0.1) is 0 Å². The Kier molecular flexibility index (Phi) is 5.17. The molecule has 0 bridgehead atoms. The van der Waals surface area contributed by atoms with Gasteiger partial charge in [-0.2, -0.15) is 5.10 Å². The van der Waals surface area contributed by atoms with Crippen LogP contribution < -0.4 is 11.0 Å². The smallest absolute Gasteiger partial charge is 0.350 e. The number of thioether (sulfide) groups is 1. The number of nitrogens with one attached hydrogen (secondary N) is 1. The van der Waals surface area contributed by atoms with E-state index >= 15 is 4.39 Å². The molecule has 166 valence electrons. The van der Waals surface area contributed by atoms with Gasteiger partial charge in [0.2, 0.25) is 0 Å². The van der Waals surface area contributed by atoms with Crippen LogP contribution in [-0.2, 0) is 11.3 Å². The molecule has 5 rings (SSSR count). The van der Waals surface area contributed by atoms with Gasteiger partial charge in [0, 0.05) is 36.0 Å². The standard InChI is InChI=1S/C22H16FN5O4S/c1-2-5-28-22(31)27(11-25-28)17-4-3-12(7-16(17)23)15-10-24-9-13-6-14(32-19(13)15)8-18-20(29)26-21(30)33-18/h3-4,6-11H,2,5H2,1H3,(H,26,29,30). The number of hydrogen-bond acceptors (Lipinski definition) is 7. The van der Waals surface area contributed by atoms with Crippen LogP contribution in [0.25, 0.3) is 33.9 Å². The fourth-order valence-corrected chi connectivity index (χ4v) is 4.21. The quantitative estimate of drug-likeness (QED) is 0.447. The summed E-state index contributed by atoms with van der Waals surface area (Å²) >= 11 is 0.788. The number of aryl methyl sites for hydroxylation is 1. The molecule has 1 aliphatic heterocycles.